The van der Waals surface area contributed by atoms with E-state index in [2.05, 4.69) is 21.1 Å². The fraction of sp³-hybridized carbons (Fsp3) is 0. The second kappa shape index (κ2) is 3.22. The molecule has 0 aliphatic rings. The van der Waals surface area contributed by atoms with Gasteiger partial charge in [-0.2, -0.15) is 0 Å². The van der Waals surface area contributed by atoms with Crippen LogP contribution in [-0.4, -0.2) is 10.3 Å². The van der Waals surface area contributed by atoms with Gasteiger partial charge in [-0.25, -0.2) is 0 Å². The van der Waals surface area contributed by atoms with E-state index in [1.807, 2.05) is 0 Å². The van der Waals surface area contributed by atoms with Crippen LogP contribution < -0.4 is 0 Å². The van der Waals surface area contributed by atoms with Crippen LogP contribution in [0.3, 0.4) is 0 Å². The molecule has 0 atom stereocenters. The van der Waals surface area contributed by atoms with Crippen molar-refractivity contribution in [2.75, 3.05) is 0 Å². The van der Waals surface area contributed by atoms with E-state index in [1.54, 1.807) is 30.5 Å². The Morgan fingerprint density at radius 3 is 2.46 bits per heavy atom. The number of rotatable bonds is 1. The van der Waals surface area contributed by atoms with Crippen LogP contribution in [0.2, 0.25) is 0 Å². The quantitative estimate of drug-likeness (QED) is 0.833. The summed E-state index contributed by atoms with van der Waals surface area (Å²) in [6, 6.07) is 6.84. The molecule has 66 valence electrons. The lowest BCUT2D eigenvalue weighted by Crippen LogP contribution is -1.73. The Labute approximate surface area is 83.1 Å². The number of aromatic nitrogens is 1. The molecule has 0 amide bonds. The van der Waals surface area contributed by atoms with Crippen molar-refractivity contribution in [2.45, 2.75) is 0 Å². The molecule has 0 aliphatic heterocycles. The van der Waals surface area contributed by atoms with Gasteiger partial charge in [-0.3, -0.25) is 0 Å². The molecule has 3 nitrogen and oxygen atoms in total. The molecule has 0 unspecified atom stereocenters. The first-order valence-electron chi connectivity index (χ1n) is 3.67. The van der Waals surface area contributed by atoms with Crippen LogP contribution in [0.5, 0.6) is 5.75 Å². The summed E-state index contributed by atoms with van der Waals surface area (Å²) in [7, 11) is 0. The van der Waals surface area contributed by atoms with E-state index in [0.29, 0.717) is 4.67 Å². The average Bonchev–Trinajstić information content (AvgIpc) is 2.53. The van der Waals surface area contributed by atoms with Gasteiger partial charge in [0, 0.05) is 0 Å². The van der Waals surface area contributed by atoms with Crippen LogP contribution in [0.4, 0.5) is 0 Å². The topological polar surface area (TPSA) is 46.3 Å². The van der Waals surface area contributed by atoms with Gasteiger partial charge in [-0.05, 0) is 33.6 Å². The van der Waals surface area contributed by atoms with Crippen molar-refractivity contribution in [3.05, 3.63) is 35.1 Å². The molecule has 13 heavy (non-hydrogen) atoms. The highest BCUT2D eigenvalue weighted by Gasteiger charge is 2.06. The molecule has 4 heteroatoms. The number of nitrogens with zero attached hydrogens (tertiary/aromatic N) is 1. The first kappa shape index (κ1) is 8.31. The van der Waals surface area contributed by atoms with Crippen LogP contribution >= 0.6 is 15.9 Å². The minimum atomic E-state index is 0.247. The lowest BCUT2D eigenvalue weighted by Gasteiger charge is -1.96. The van der Waals surface area contributed by atoms with Crippen molar-refractivity contribution in [3.63, 3.8) is 0 Å². The number of hydrogen-bond donors (Lipinski definition) is 1. The Balaban J connectivity index is 2.47. The zero-order chi connectivity index (χ0) is 9.26. The van der Waals surface area contributed by atoms with Crippen LogP contribution in [0, 0.1) is 0 Å². The maximum absolute atomic E-state index is 9.07. The molecule has 0 saturated carbocycles. The van der Waals surface area contributed by atoms with Gasteiger partial charge in [-0.1, -0.05) is 17.3 Å². The van der Waals surface area contributed by atoms with E-state index in [4.69, 9.17) is 9.63 Å². The smallest absolute Gasteiger partial charge is 0.209 e. The highest BCUT2D eigenvalue weighted by atomic mass is 79.9. The van der Waals surface area contributed by atoms with E-state index < -0.39 is 0 Å². The predicted molar refractivity (Wildman–Crippen MR) is 51.3 cm³/mol. The first-order valence-corrected chi connectivity index (χ1v) is 4.46. The molecule has 0 radical (unpaired) electrons. The zero-order valence-corrected chi connectivity index (χ0v) is 8.15. The van der Waals surface area contributed by atoms with E-state index in [-0.39, 0.29) is 5.75 Å². The Kier molecular flexibility index (Phi) is 2.06. The number of benzene rings is 1. The van der Waals surface area contributed by atoms with Crippen LogP contribution in [0.15, 0.2) is 39.7 Å². The minimum absolute atomic E-state index is 0.247. The maximum atomic E-state index is 9.07. The monoisotopic (exact) mass is 239 g/mol. The summed E-state index contributed by atoms with van der Waals surface area (Å²) in [5, 5.41) is 12.7. The van der Waals surface area contributed by atoms with E-state index in [1.165, 1.54) is 0 Å². The summed E-state index contributed by atoms with van der Waals surface area (Å²) in [5.41, 5.74) is 1.82. The molecular weight excluding hydrogens is 234 g/mol. The fourth-order valence-corrected chi connectivity index (χ4v) is 1.47. The van der Waals surface area contributed by atoms with Gasteiger partial charge in [0.05, 0.1) is 11.8 Å². The molecule has 1 aromatic carbocycles. The maximum Gasteiger partial charge on any atom is 0.209 e. The largest absolute Gasteiger partial charge is 0.508 e. The number of aromatic hydroxyl groups is 1. The third-order valence-electron chi connectivity index (χ3n) is 1.70. The zero-order valence-electron chi connectivity index (χ0n) is 6.57. The molecular formula is C9H6BrNO2. The summed E-state index contributed by atoms with van der Waals surface area (Å²) >= 11 is 3.23. The second-order valence-corrected chi connectivity index (χ2v) is 3.28. The van der Waals surface area contributed by atoms with Crippen LogP contribution in [0.25, 0.3) is 11.1 Å². The van der Waals surface area contributed by atoms with Crippen molar-refractivity contribution < 1.29 is 9.63 Å². The number of phenols is 1. The predicted octanol–water partition coefficient (Wildman–Crippen LogP) is 2.81. The molecule has 1 heterocycles. The SMILES string of the molecule is Oc1ccc(-c2cnoc2Br)cc1. The Bertz CT molecular complexity index is 408. The van der Waals surface area contributed by atoms with Gasteiger partial charge in [0.2, 0.25) is 4.67 Å². The normalized spacial score (nSPS) is 10.2. The number of phenolic OH excluding ortho intramolecular Hbond substituents is 1. The lowest BCUT2D eigenvalue weighted by molar-refractivity contribution is 0.400. The Morgan fingerprint density at radius 2 is 1.92 bits per heavy atom. The molecule has 0 fully saturated rings. The lowest BCUT2D eigenvalue weighted by atomic mass is 10.1. The van der Waals surface area contributed by atoms with Gasteiger partial charge in [-0.15, -0.1) is 0 Å². The van der Waals surface area contributed by atoms with Gasteiger partial charge < -0.3 is 9.63 Å². The second-order valence-electron chi connectivity index (χ2n) is 2.56. The summed E-state index contributed by atoms with van der Waals surface area (Å²) in [6.45, 7) is 0. The third kappa shape index (κ3) is 1.58. The van der Waals surface area contributed by atoms with Gasteiger partial charge in [0.15, 0.2) is 0 Å². The standard InChI is InChI=1S/C9H6BrNO2/c10-9-8(5-11-13-9)6-1-3-7(12)4-2-6/h1-5,12H. The van der Waals surface area contributed by atoms with E-state index >= 15 is 0 Å². The van der Waals surface area contributed by atoms with Gasteiger partial charge >= 0.3 is 0 Å². The Morgan fingerprint density at radius 1 is 1.23 bits per heavy atom. The molecule has 0 saturated heterocycles. The molecule has 1 aromatic heterocycles. The Hall–Kier alpha value is -1.29. The average molecular weight is 240 g/mol. The highest BCUT2D eigenvalue weighted by Crippen LogP contribution is 2.28. The molecule has 0 aliphatic carbocycles. The molecule has 2 aromatic rings. The number of hydrogen-bond acceptors (Lipinski definition) is 3. The number of halogens is 1. The molecule has 0 bridgehead atoms. The summed E-state index contributed by atoms with van der Waals surface area (Å²) in [6.07, 6.45) is 1.62. The van der Waals surface area contributed by atoms with Gasteiger partial charge in [0.25, 0.3) is 0 Å². The summed E-state index contributed by atoms with van der Waals surface area (Å²) in [5.74, 6) is 0.247. The van der Waals surface area contributed by atoms with Crippen LogP contribution in [0.1, 0.15) is 0 Å². The first-order chi connectivity index (χ1) is 6.27. The van der Waals surface area contributed by atoms with E-state index in [9.17, 15) is 0 Å². The van der Waals surface area contributed by atoms with Crippen molar-refractivity contribution in [1.82, 2.24) is 5.16 Å². The van der Waals surface area contributed by atoms with Crippen LogP contribution in [-0.2, 0) is 0 Å². The van der Waals surface area contributed by atoms with Crippen molar-refractivity contribution in [1.29, 1.82) is 0 Å². The van der Waals surface area contributed by atoms with Crippen molar-refractivity contribution >= 4 is 15.9 Å². The summed E-state index contributed by atoms with van der Waals surface area (Å²) < 4.78 is 5.45. The molecule has 0 spiro atoms. The third-order valence-corrected chi connectivity index (χ3v) is 2.28. The van der Waals surface area contributed by atoms with E-state index in [0.717, 1.165) is 11.1 Å². The summed E-state index contributed by atoms with van der Waals surface area (Å²) in [4.78, 5) is 0. The highest BCUT2D eigenvalue weighted by molar-refractivity contribution is 9.10. The molecule has 2 rings (SSSR count). The van der Waals surface area contributed by atoms with Crippen molar-refractivity contribution in [2.24, 2.45) is 0 Å². The van der Waals surface area contributed by atoms with Gasteiger partial charge in [0.1, 0.15) is 5.75 Å². The minimum Gasteiger partial charge on any atom is -0.508 e. The molecule has 1 N–H and O–H groups in total. The fourth-order valence-electron chi connectivity index (χ4n) is 1.05. The van der Waals surface area contributed by atoms with Crippen molar-refractivity contribution in [3.8, 4) is 16.9 Å².